The molecule has 2 heterocycles. The van der Waals surface area contributed by atoms with Gasteiger partial charge in [-0.1, -0.05) is 0 Å². The van der Waals surface area contributed by atoms with Crippen molar-refractivity contribution in [2.24, 2.45) is 5.41 Å². The largest absolute Gasteiger partial charge is 0.480 e. The summed E-state index contributed by atoms with van der Waals surface area (Å²) in [6, 6.07) is 4.65. The van der Waals surface area contributed by atoms with Gasteiger partial charge < -0.3 is 19.3 Å². The molecule has 6 nitrogen and oxygen atoms in total. The number of rotatable bonds is 3. The van der Waals surface area contributed by atoms with Crippen LogP contribution >= 0.6 is 0 Å². The average Bonchev–Trinajstić information content (AvgIpc) is 2.73. The number of aliphatic carboxylic acids is 1. The van der Waals surface area contributed by atoms with Crippen molar-refractivity contribution in [2.75, 3.05) is 20.0 Å². The number of carboxylic acid groups (broad SMARTS) is 1. The lowest BCUT2D eigenvalue weighted by atomic mass is 9.78. The predicted molar refractivity (Wildman–Crippen MR) is 57.8 cm³/mol. The fourth-order valence-electron chi connectivity index (χ4n) is 1.97. The Kier molecular flexibility index (Phi) is 2.27. The van der Waals surface area contributed by atoms with Crippen LogP contribution in [0.1, 0.15) is 10.4 Å². The second kappa shape index (κ2) is 3.71. The number of benzene rings is 1. The van der Waals surface area contributed by atoms with Crippen LogP contribution in [0.2, 0.25) is 0 Å². The highest BCUT2D eigenvalue weighted by molar-refractivity contribution is 6.13. The minimum Gasteiger partial charge on any atom is -0.480 e. The molecule has 0 amide bonds. The minimum atomic E-state index is -1.45. The van der Waals surface area contributed by atoms with Crippen LogP contribution in [0.5, 0.6) is 11.5 Å². The van der Waals surface area contributed by atoms with Crippen LogP contribution in [-0.4, -0.2) is 36.9 Å². The van der Waals surface area contributed by atoms with Gasteiger partial charge in [-0.2, -0.15) is 0 Å². The lowest BCUT2D eigenvalue weighted by Crippen LogP contribution is -2.54. The molecule has 2 aliphatic rings. The number of ketones is 1. The molecule has 0 radical (unpaired) electrons. The Morgan fingerprint density at radius 3 is 2.50 bits per heavy atom. The summed E-state index contributed by atoms with van der Waals surface area (Å²) in [5, 5.41) is 9.15. The topological polar surface area (TPSA) is 82.1 Å². The van der Waals surface area contributed by atoms with Crippen molar-refractivity contribution in [1.29, 1.82) is 0 Å². The lowest BCUT2D eigenvalue weighted by Gasteiger charge is -2.35. The lowest BCUT2D eigenvalue weighted by molar-refractivity contribution is -0.169. The first kappa shape index (κ1) is 11.0. The summed E-state index contributed by atoms with van der Waals surface area (Å²) >= 11 is 0. The molecule has 18 heavy (non-hydrogen) atoms. The predicted octanol–water partition coefficient (Wildman–Crippen LogP) is 0.699. The molecule has 1 N–H and O–H groups in total. The maximum atomic E-state index is 12.2. The molecule has 2 aliphatic heterocycles. The summed E-state index contributed by atoms with van der Waals surface area (Å²) in [4.78, 5) is 23.4. The Bertz CT molecular complexity index is 531. The summed E-state index contributed by atoms with van der Waals surface area (Å²) in [7, 11) is 0. The van der Waals surface area contributed by atoms with Crippen molar-refractivity contribution in [3.63, 3.8) is 0 Å². The van der Waals surface area contributed by atoms with Gasteiger partial charge in [-0.25, -0.2) is 0 Å². The molecule has 0 atom stereocenters. The third-order valence-electron chi connectivity index (χ3n) is 3.18. The molecule has 0 spiro atoms. The minimum absolute atomic E-state index is 0.0877. The molecule has 1 aromatic rings. The van der Waals surface area contributed by atoms with E-state index in [0.29, 0.717) is 17.1 Å². The molecule has 0 aliphatic carbocycles. The molecule has 0 aromatic heterocycles. The van der Waals surface area contributed by atoms with Crippen molar-refractivity contribution >= 4 is 11.8 Å². The van der Waals surface area contributed by atoms with Crippen LogP contribution in [-0.2, 0) is 9.53 Å². The van der Waals surface area contributed by atoms with E-state index in [1.807, 2.05) is 0 Å². The fourth-order valence-corrected chi connectivity index (χ4v) is 1.97. The Morgan fingerprint density at radius 2 is 1.89 bits per heavy atom. The maximum Gasteiger partial charge on any atom is 0.322 e. The van der Waals surface area contributed by atoms with Gasteiger partial charge in [0.15, 0.2) is 22.7 Å². The molecule has 1 saturated heterocycles. The van der Waals surface area contributed by atoms with Crippen LogP contribution in [0.4, 0.5) is 0 Å². The number of hydrogen-bond donors (Lipinski definition) is 1. The highest BCUT2D eigenvalue weighted by Gasteiger charge is 2.53. The third-order valence-corrected chi connectivity index (χ3v) is 3.18. The molecule has 0 unspecified atom stereocenters. The molecule has 94 valence electrons. The number of carbonyl (C=O) groups excluding carboxylic acids is 1. The number of fused-ring (bicyclic) bond motifs is 1. The van der Waals surface area contributed by atoms with Gasteiger partial charge in [0, 0.05) is 5.56 Å². The van der Waals surface area contributed by atoms with E-state index < -0.39 is 17.2 Å². The van der Waals surface area contributed by atoms with Crippen molar-refractivity contribution in [3.8, 4) is 11.5 Å². The summed E-state index contributed by atoms with van der Waals surface area (Å²) in [5.41, 5.74) is -1.15. The van der Waals surface area contributed by atoms with Gasteiger partial charge in [0.25, 0.3) is 0 Å². The number of Topliss-reactive ketones (excluding diaryl/α,β-unsaturated/α-hetero) is 1. The van der Waals surface area contributed by atoms with Crippen LogP contribution < -0.4 is 9.47 Å². The molecular formula is C12H10O6. The number of ether oxygens (including phenoxy) is 3. The van der Waals surface area contributed by atoms with E-state index in [0.717, 1.165) is 0 Å². The molecule has 6 heteroatoms. The summed E-state index contributed by atoms with van der Waals surface area (Å²) in [6.45, 7) is -0.0641. The molecular weight excluding hydrogens is 240 g/mol. The normalized spacial score (nSPS) is 19.1. The van der Waals surface area contributed by atoms with Gasteiger partial charge in [-0.15, -0.1) is 0 Å². The van der Waals surface area contributed by atoms with E-state index in [1.54, 1.807) is 12.1 Å². The average molecular weight is 250 g/mol. The number of carboxylic acids is 1. The zero-order valence-electron chi connectivity index (χ0n) is 9.34. The van der Waals surface area contributed by atoms with Gasteiger partial charge in [0.1, 0.15) is 0 Å². The van der Waals surface area contributed by atoms with Crippen LogP contribution in [0.3, 0.4) is 0 Å². The van der Waals surface area contributed by atoms with E-state index in [4.69, 9.17) is 19.3 Å². The van der Waals surface area contributed by atoms with E-state index in [2.05, 4.69) is 0 Å². The summed E-state index contributed by atoms with van der Waals surface area (Å²) < 4.78 is 15.2. The number of carbonyl (C=O) groups is 2. The smallest absolute Gasteiger partial charge is 0.322 e. The zero-order chi connectivity index (χ0) is 12.8. The first-order chi connectivity index (χ1) is 8.63. The van der Waals surface area contributed by atoms with Gasteiger partial charge in [-0.05, 0) is 18.2 Å². The second-order valence-electron chi connectivity index (χ2n) is 4.28. The van der Waals surface area contributed by atoms with Crippen LogP contribution in [0.15, 0.2) is 18.2 Å². The van der Waals surface area contributed by atoms with Crippen molar-refractivity contribution in [1.82, 2.24) is 0 Å². The van der Waals surface area contributed by atoms with Gasteiger partial charge in [0.2, 0.25) is 6.79 Å². The van der Waals surface area contributed by atoms with Crippen molar-refractivity contribution in [2.45, 2.75) is 0 Å². The molecule has 3 rings (SSSR count). The summed E-state index contributed by atoms with van der Waals surface area (Å²) in [5.74, 6) is -0.599. The quantitative estimate of drug-likeness (QED) is 0.628. The monoisotopic (exact) mass is 250 g/mol. The SMILES string of the molecule is O=C(O)C1(C(=O)c2ccc3c(c2)OCO3)COC1. The van der Waals surface area contributed by atoms with Crippen molar-refractivity contribution < 1.29 is 28.9 Å². The van der Waals surface area contributed by atoms with Crippen LogP contribution in [0.25, 0.3) is 0 Å². The molecule has 0 bridgehead atoms. The summed E-state index contributed by atoms with van der Waals surface area (Å²) in [6.07, 6.45) is 0. The van der Waals surface area contributed by atoms with E-state index in [-0.39, 0.29) is 20.0 Å². The Morgan fingerprint density at radius 1 is 1.17 bits per heavy atom. The zero-order valence-corrected chi connectivity index (χ0v) is 9.34. The molecule has 1 aromatic carbocycles. The number of hydrogen-bond acceptors (Lipinski definition) is 5. The van der Waals surface area contributed by atoms with Crippen LogP contribution in [0, 0.1) is 5.41 Å². The second-order valence-corrected chi connectivity index (χ2v) is 4.28. The van der Waals surface area contributed by atoms with Gasteiger partial charge in [0.05, 0.1) is 13.2 Å². The Labute approximate surface area is 102 Å². The Hall–Kier alpha value is -2.08. The van der Waals surface area contributed by atoms with Crippen molar-refractivity contribution in [3.05, 3.63) is 23.8 Å². The van der Waals surface area contributed by atoms with Gasteiger partial charge >= 0.3 is 5.97 Å². The first-order valence-corrected chi connectivity index (χ1v) is 5.39. The third kappa shape index (κ3) is 1.39. The maximum absolute atomic E-state index is 12.2. The van der Waals surface area contributed by atoms with E-state index >= 15 is 0 Å². The molecule has 1 fully saturated rings. The highest BCUT2D eigenvalue weighted by atomic mass is 16.7. The van der Waals surface area contributed by atoms with Gasteiger partial charge in [-0.3, -0.25) is 9.59 Å². The molecule has 0 saturated carbocycles. The Balaban J connectivity index is 1.95. The highest BCUT2D eigenvalue weighted by Crippen LogP contribution is 2.37. The standard InChI is InChI=1S/C12H10O6/c13-10(12(11(14)15)4-16-5-12)7-1-2-8-9(3-7)18-6-17-8/h1-3H,4-6H2,(H,14,15). The fraction of sp³-hybridized carbons (Fsp3) is 0.333. The van der Waals surface area contributed by atoms with E-state index in [9.17, 15) is 9.59 Å². The first-order valence-electron chi connectivity index (χ1n) is 5.39. The van der Waals surface area contributed by atoms with E-state index in [1.165, 1.54) is 6.07 Å².